The SMILES string of the molecule is O=C(NCc1ccccc1)c1ccnc(N2CCN(c3ccccn3)CC2)c1. The fourth-order valence-corrected chi connectivity index (χ4v) is 3.32. The van der Waals surface area contributed by atoms with E-state index in [1.165, 1.54) is 0 Å². The second-order valence-corrected chi connectivity index (χ2v) is 6.73. The molecule has 0 radical (unpaired) electrons. The van der Waals surface area contributed by atoms with E-state index >= 15 is 0 Å². The molecule has 28 heavy (non-hydrogen) atoms. The fourth-order valence-electron chi connectivity index (χ4n) is 3.32. The van der Waals surface area contributed by atoms with Gasteiger partial charge in [0.2, 0.25) is 0 Å². The van der Waals surface area contributed by atoms with Crippen LogP contribution >= 0.6 is 0 Å². The van der Waals surface area contributed by atoms with E-state index in [2.05, 4.69) is 25.1 Å². The van der Waals surface area contributed by atoms with Gasteiger partial charge in [-0.15, -0.1) is 0 Å². The lowest BCUT2D eigenvalue weighted by Crippen LogP contribution is -2.47. The molecule has 2 aromatic heterocycles. The largest absolute Gasteiger partial charge is 0.353 e. The second kappa shape index (κ2) is 8.52. The monoisotopic (exact) mass is 373 g/mol. The molecule has 0 spiro atoms. The number of amides is 1. The summed E-state index contributed by atoms with van der Waals surface area (Å²) in [6.45, 7) is 3.96. The maximum absolute atomic E-state index is 12.5. The summed E-state index contributed by atoms with van der Waals surface area (Å²) in [7, 11) is 0. The third-order valence-electron chi connectivity index (χ3n) is 4.88. The molecule has 1 amide bonds. The van der Waals surface area contributed by atoms with Crippen LogP contribution in [0.4, 0.5) is 11.6 Å². The molecule has 6 heteroatoms. The maximum Gasteiger partial charge on any atom is 0.251 e. The molecule has 1 aliphatic heterocycles. The van der Waals surface area contributed by atoms with E-state index in [1.807, 2.05) is 60.8 Å². The number of nitrogens with one attached hydrogen (secondary N) is 1. The first-order valence-electron chi connectivity index (χ1n) is 9.49. The van der Waals surface area contributed by atoms with E-state index in [1.54, 1.807) is 12.3 Å². The van der Waals surface area contributed by atoms with Crippen molar-refractivity contribution in [2.45, 2.75) is 6.54 Å². The minimum absolute atomic E-state index is 0.0837. The third kappa shape index (κ3) is 4.28. The molecule has 1 aromatic carbocycles. The molecule has 1 N–H and O–H groups in total. The van der Waals surface area contributed by atoms with Crippen LogP contribution in [0.15, 0.2) is 73.1 Å². The summed E-state index contributed by atoms with van der Waals surface area (Å²) in [4.78, 5) is 25.9. The zero-order chi connectivity index (χ0) is 19.2. The predicted octanol–water partition coefficient (Wildman–Crippen LogP) is 2.73. The number of carbonyl (C=O) groups is 1. The van der Waals surface area contributed by atoms with Gasteiger partial charge < -0.3 is 15.1 Å². The highest BCUT2D eigenvalue weighted by atomic mass is 16.1. The molecule has 0 atom stereocenters. The van der Waals surface area contributed by atoms with Gasteiger partial charge >= 0.3 is 0 Å². The molecular formula is C22H23N5O. The molecule has 4 rings (SSSR count). The van der Waals surface area contributed by atoms with Gasteiger partial charge in [0.1, 0.15) is 11.6 Å². The Hall–Kier alpha value is -3.41. The van der Waals surface area contributed by atoms with Crippen molar-refractivity contribution in [3.05, 3.63) is 84.2 Å². The molecule has 3 heterocycles. The van der Waals surface area contributed by atoms with Gasteiger partial charge in [-0.25, -0.2) is 9.97 Å². The summed E-state index contributed by atoms with van der Waals surface area (Å²) in [5.74, 6) is 1.76. The van der Waals surface area contributed by atoms with Crippen LogP contribution in [0.3, 0.4) is 0 Å². The topological polar surface area (TPSA) is 61.4 Å². The number of benzene rings is 1. The van der Waals surface area contributed by atoms with Crippen molar-refractivity contribution in [3.8, 4) is 0 Å². The lowest BCUT2D eigenvalue weighted by atomic mass is 10.2. The zero-order valence-corrected chi connectivity index (χ0v) is 15.7. The third-order valence-corrected chi connectivity index (χ3v) is 4.88. The number of aromatic nitrogens is 2. The van der Waals surface area contributed by atoms with Gasteiger partial charge in [-0.1, -0.05) is 36.4 Å². The number of piperazine rings is 1. The Kier molecular flexibility index (Phi) is 5.47. The maximum atomic E-state index is 12.5. The summed E-state index contributed by atoms with van der Waals surface area (Å²) in [6.07, 6.45) is 3.53. The Morgan fingerprint density at radius 2 is 1.50 bits per heavy atom. The summed E-state index contributed by atoms with van der Waals surface area (Å²) < 4.78 is 0. The van der Waals surface area contributed by atoms with Crippen molar-refractivity contribution in [2.75, 3.05) is 36.0 Å². The van der Waals surface area contributed by atoms with Crippen molar-refractivity contribution in [3.63, 3.8) is 0 Å². The standard InChI is InChI=1S/C22H23N5O/c28-22(25-17-18-6-2-1-3-7-18)19-9-11-24-21(16-19)27-14-12-26(13-15-27)20-8-4-5-10-23-20/h1-11,16H,12-15,17H2,(H,25,28). The van der Waals surface area contributed by atoms with Crippen LogP contribution in [0.25, 0.3) is 0 Å². The van der Waals surface area contributed by atoms with Crippen molar-refractivity contribution in [1.29, 1.82) is 0 Å². The normalized spacial score (nSPS) is 14.0. The van der Waals surface area contributed by atoms with Crippen LogP contribution in [-0.2, 0) is 6.54 Å². The molecule has 142 valence electrons. The summed E-state index contributed by atoms with van der Waals surface area (Å²) >= 11 is 0. The Bertz CT molecular complexity index is 908. The van der Waals surface area contributed by atoms with E-state index < -0.39 is 0 Å². The van der Waals surface area contributed by atoms with Gasteiger partial charge in [-0.05, 0) is 29.8 Å². The smallest absolute Gasteiger partial charge is 0.251 e. The second-order valence-electron chi connectivity index (χ2n) is 6.73. The quantitative estimate of drug-likeness (QED) is 0.745. The highest BCUT2D eigenvalue weighted by molar-refractivity contribution is 5.94. The molecule has 1 saturated heterocycles. The number of pyridine rings is 2. The zero-order valence-electron chi connectivity index (χ0n) is 15.7. The van der Waals surface area contributed by atoms with E-state index in [9.17, 15) is 4.79 Å². The summed E-state index contributed by atoms with van der Waals surface area (Å²) in [6, 6.07) is 19.5. The Morgan fingerprint density at radius 1 is 0.821 bits per heavy atom. The molecule has 1 fully saturated rings. The molecule has 6 nitrogen and oxygen atoms in total. The highest BCUT2D eigenvalue weighted by Gasteiger charge is 2.19. The molecular weight excluding hydrogens is 350 g/mol. The number of hydrogen-bond donors (Lipinski definition) is 1. The molecule has 1 aliphatic rings. The number of carbonyl (C=O) groups excluding carboxylic acids is 1. The summed E-state index contributed by atoms with van der Waals surface area (Å²) in [5.41, 5.74) is 1.71. The number of hydrogen-bond acceptors (Lipinski definition) is 5. The molecule has 0 unspecified atom stereocenters. The van der Waals surface area contributed by atoms with E-state index in [0.29, 0.717) is 12.1 Å². The predicted molar refractivity (Wildman–Crippen MR) is 111 cm³/mol. The fraction of sp³-hybridized carbons (Fsp3) is 0.227. The van der Waals surface area contributed by atoms with E-state index in [4.69, 9.17) is 0 Å². The van der Waals surface area contributed by atoms with Gasteiger partial charge in [0.05, 0.1) is 0 Å². The lowest BCUT2D eigenvalue weighted by Gasteiger charge is -2.36. The van der Waals surface area contributed by atoms with Crippen molar-refractivity contribution in [2.24, 2.45) is 0 Å². The molecule has 0 saturated carbocycles. The molecule has 3 aromatic rings. The van der Waals surface area contributed by atoms with Crippen LogP contribution in [0.1, 0.15) is 15.9 Å². The van der Waals surface area contributed by atoms with Crippen LogP contribution in [0, 0.1) is 0 Å². The van der Waals surface area contributed by atoms with Crippen LogP contribution in [-0.4, -0.2) is 42.1 Å². The molecule has 0 aliphatic carbocycles. The van der Waals surface area contributed by atoms with Crippen molar-refractivity contribution >= 4 is 17.5 Å². The Morgan fingerprint density at radius 3 is 2.21 bits per heavy atom. The first-order valence-corrected chi connectivity index (χ1v) is 9.49. The van der Waals surface area contributed by atoms with Gasteiger partial charge in [0.25, 0.3) is 5.91 Å². The average molecular weight is 373 g/mol. The Labute approximate surface area is 164 Å². The number of rotatable bonds is 5. The van der Waals surface area contributed by atoms with Crippen LogP contribution in [0.2, 0.25) is 0 Å². The van der Waals surface area contributed by atoms with E-state index in [0.717, 1.165) is 43.4 Å². The first-order chi connectivity index (χ1) is 13.8. The number of nitrogens with zero attached hydrogens (tertiary/aromatic N) is 4. The first kappa shape index (κ1) is 18.0. The van der Waals surface area contributed by atoms with Crippen molar-refractivity contribution < 1.29 is 4.79 Å². The van der Waals surface area contributed by atoms with Crippen LogP contribution in [0.5, 0.6) is 0 Å². The summed E-state index contributed by atoms with van der Waals surface area (Å²) in [5, 5.41) is 2.97. The van der Waals surface area contributed by atoms with Gasteiger partial charge in [0.15, 0.2) is 0 Å². The number of anilines is 2. The van der Waals surface area contributed by atoms with Gasteiger partial charge in [-0.2, -0.15) is 0 Å². The Balaban J connectivity index is 1.37. The van der Waals surface area contributed by atoms with Crippen LogP contribution < -0.4 is 15.1 Å². The highest BCUT2D eigenvalue weighted by Crippen LogP contribution is 2.18. The van der Waals surface area contributed by atoms with E-state index in [-0.39, 0.29) is 5.91 Å². The molecule has 0 bridgehead atoms. The average Bonchev–Trinajstić information content (AvgIpc) is 2.79. The minimum Gasteiger partial charge on any atom is -0.353 e. The van der Waals surface area contributed by atoms with Crippen molar-refractivity contribution in [1.82, 2.24) is 15.3 Å². The minimum atomic E-state index is -0.0837. The lowest BCUT2D eigenvalue weighted by molar-refractivity contribution is 0.0951. The van der Waals surface area contributed by atoms with Gasteiger partial charge in [0, 0.05) is 50.7 Å². The van der Waals surface area contributed by atoms with Gasteiger partial charge in [-0.3, -0.25) is 4.79 Å².